The van der Waals surface area contributed by atoms with Crippen LogP contribution in [-0.4, -0.2) is 51.3 Å². The molecule has 5 N–H and O–H groups in total. The number of piperazine rings is 1. The Balaban J connectivity index is 2.24. The number of amides is 1. The third kappa shape index (κ3) is 4.69. The number of nitrogens with two attached hydrogens (primary N) is 1. The van der Waals surface area contributed by atoms with E-state index in [1.807, 2.05) is 19.9 Å². The highest BCUT2D eigenvalue weighted by molar-refractivity contribution is 7.80. The summed E-state index contributed by atoms with van der Waals surface area (Å²) in [5, 5.41) is 13.1. The number of rotatable bonds is 4. The van der Waals surface area contributed by atoms with E-state index in [4.69, 9.17) is 18.1 Å². The number of nitrogens with zero attached hydrogens (tertiary/aromatic N) is 2. The molecule has 7 nitrogen and oxygen atoms in total. The molecule has 150 valence electrons. The zero-order chi connectivity index (χ0) is 20.4. The molecule has 2 rings (SSSR count). The van der Waals surface area contributed by atoms with Gasteiger partial charge in [0.2, 0.25) is 0 Å². The molecule has 0 spiro atoms. The van der Waals surface area contributed by atoms with E-state index >= 15 is 0 Å². The van der Waals surface area contributed by atoms with Crippen LogP contribution in [0.1, 0.15) is 37.5 Å². The standard InChI is InChI=1S/C19H31N5O2S/c1-12(2)19(5)11-23(6-7-24(19)18(25)26)10-15-8-13(3)9-16(14(15)4)21-17(27)22-20/h8-9,12H,6-7,10-11,20H2,1-5H3,(H,25,26)(H2,21,22,27)/t19-/m1/s1. The summed E-state index contributed by atoms with van der Waals surface area (Å²) in [4.78, 5) is 15.6. The highest BCUT2D eigenvalue weighted by Crippen LogP contribution is 2.31. The van der Waals surface area contributed by atoms with Crippen LogP contribution in [0.2, 0.25) is 0 Å². The zero-order valence-electron chi connectivity index (χ0n) is 16.8. The molecule has 27 heavy (non-hydrogen) atoms. The monoisotopic (exact) mass is 393 g/mol. The Morgan fingerprint density at radius 1 is 1.37 bits per heavy atom. The van der Waals surface area contributed by atoms with Crippen LogP contribution in [0.5, 0.6) is 0 Å². The minimum Gasteiger partial charge on any atom is -0.465 e. The molecule has 1 heterocycles. The van der Waals surface area contributed by atoms with Gasteiger partial charge in [0.1, 0.15) is 0 Å². The van der Waals surface area contributed by atoms with Gasteiger partial charge in [0.15, 0.2) is 5.11 Å². The van der Waals surface area contributed by atoms with E-state index in [2.05, 4.69) is 42.5 Å². The van der Waals surface area contributed by atoms with Crippen LogP contribution in [0.25, 0.3) is 0 Å². The van der Waals surface area contributed by atoms with Crippen molar-refractivity contribution in [3.05, 3.63) is 28.8 Å². The number of carbonyl (C=O) groups is 1. The molecule has 0 aliphatic carbocycles. The Kier molecular flexibility index (Phi) is 6.67. The highest BCUT2D eigenvalue weighted by atomic mass is 32.1. The molecule has 1 saturated heterocycles. The summed E-state index contributed by atoms with van der Waals surface area (Å²) in [5.41, 5.74) is 6.42. The first kappa shape index (κ1) is 21.4. The van der Waals surface area contributed by atoms with E-state index in [9.17, 15) is 9.90 Å². The Labute approximate surface area is 166 Å². The van der Waals surface area contributed by atoms with Crippen LogP contribution < -0.4 is 16.6 Å². The van der Waals surface area contributed by atoms with Crippen molar-refractivity contribution in [3.63, 3.8) is 0 Å². The maximum atomic E-state index is 11.7. The number of carboxylic acid groups (broad SMARTS) is 1. The lowest BCUT2D eigenvalue weighted by Crippen LogP contribution is -2.64. The lowest BCUT2D eigenvalue weighted by Gasteiger charge is -2.50. The molecule has 0 aromatic heterocycles. The van der Waals surface area contributed by atoms with Crippen molar-refractivity contribution in [3.8, 4) is 0 Å². The molecule has 1 fully saturated rings. The van der Waals surface area contributed by atoms with Gasteiger partial charge in [-0.05, 0) is 61.7 Å². The SMILES string of the molecule is Cc1cc(CN2CCN(C(=O)O)[C@@](C)(C(C)C)C2)c(C)c(NC(=S)NN)c1. The molecule has 0 radical (unpaired) electrons. The lowest BCUT2D eigenvalue weighted by molar-refractivity contribution is -0.0121. The summed E-state index contributed by atoms with van der Waals surface area (Å²) < 4.78 is 0. The molecular formula is C19H31N5O2S. The molecule has 8 heteroatoms. The van der Waals surface area contributed by atoms with E-state index in [-0.39, 0.29) is 5.92 Å². The van der Waals surface area contributed by atoms with Crippen molar-refractivity contribution in [2.24, 2.45) is 11.8 Å². The predicted molar refractivity (Wildman–Crippen MR) is 113 cm³/mol. The number of hydrogen-bond donors (Lipinski definition) is 4. The van der Waals surface area contributed by atoms with Crippen molar-refractivity contribution in [1.82, 2.24) is 15.2 Å². The van der Waals surface area contributed by atoms with Crippen molar-refractivity contribution in [2.45, 2.75) is 46.7 Å². The number of nitrogens with one attached hydrogen (secondary N) is 2. The van der Waals surface area contributed by atoms with Crippen LogP contribution in [0, 0.1) is 19.8 Å². The Morgan fingerprint density at radius 3 is 2.59 bits per heavy atom. The first-order valence-electron chi connectivity index (χ1n) is 9.19. The largest absolute Gasteiger partial charge is 0.465 e. The van der Waals surface area contributed by atoms with Gasteiger partial charge in [0.05, 0.1) is 5.54 Å². The molecule has 1 amide bonds. The van der Waals surface area contributed by atoms with E-state index in [1.54, 1.807) is 4.90 Å². The smallest absolute Gasteiger partial charge is 0.407 e. The third-order valence-corrected chi connectivity index (χ3v) is 5.93. The topological polar surface area (TPSA) is 93.9 Å². The lowest BCUT2D eigenvalue weighted by atomic mass is 9.84. The minimum atomic E-state index is -0.841. The number of hydrazine groups is 1. The van der Waals surface area contributed by atoms with Crippen LogP contribution in [-0.2, 0) is 6.54 Å². The molecule has 1 atom stereocenters. The number of aryl methyl sites for hydroxylation is 1. The van der Waals surface area contributed by atoms with Gasteiger partial charge < -0.3 is 20.7 Å². The van der Waals surface area contributed by atoms with Crippen LogP contribution in [0.3, 0.4) is 0 Å². The van der Waals surface area contributed by atoms with Gasteiger partial charge in [0, 0.05) is 31.9 Å². The van der Waals surface area contributed by atoms with Crippen molar-refractivity contribution < 1.29 is 9.90 Å². The molecule has 1 aromatic rings. The van der Waals surface area contributed by atoms with E-state index < -0.39 is 11.6 Å². The van der Waals surface area contributed by atoms with Gasteiger partial charge >= 0.3 is 6.09 Å². The van der Waals surface area contributed by atoms with Gasteiger partial charge in [-0.25, -0.2) is 10.6 Å². The van der Waals surface area contributed by atoms with Gasteiger partial charge in [-0.2, -0.15) is 0 Å². The van der Waals surface area contributed by atoms with Crippen molar-refractivity contribution in [1.29, 1.82) is 0 Å². The first-order valence-corrected chi connectivity index (χ1v) is 9.60. The second-order valence-corrected chi connectivity index (χ2v) is 8.26. The van der Waals surface area contributed by atoms with Gasteiger partial charge in [-0.3, -0.25) is 4.90 Å². The Morgan fingerprint density at radius 2 is 2.04 bits per heavy atom. The molecule has 1 aromatic carbocycles. The van der Waals surface area contributed by atoms with Crippen molar-refractivity contribution >= 4 is 29.1 Å². The average Bonchev–Trinajstić information content (AvgIpc) is 2.58. The molecule has 0 saturated carbocycles. The first-order chi connectivity index (χ1) is 12.6. The Hall–Kier alpha value is -1.90. The van der Waals surface area contributed by atoms with Crippen LogP contribution in [0.15, 0.2) is 12.1 Å². The predicted octanol–water partition coefficient (Wildman–Crippen LogP) is 2.67. The summed E-state index contributed by atoms with van der Waals surface area (Å²) in [6.45, 7) is 13.0. The summed E-state index contributed by atoms with van der Waals surface area (Å²) >= 11 is 5.12. The fourth-order valence-electron chi connectivity index (χ4n) is 3.68. The number of benzene rings is 1. The normalized spacial score (nSPS) is 20.6. The third-order valence-electron chi connectivity index (χ3n) is 5.71. The van der Waals surface area contributed by atoms with E-state index in [1.165, 1.54) is 5.56 Å². The summed E-state index contributed by atoms with van der Waals surface area (Å²) in [5.74, 6) is 5.60. The summed E-state index contributed by atoms with van der Waals surface area (Å²) in [7, 11) is 0. The van der Waals surface area contributed by atoms with Gasteiger partial charge in [-0.15, -0.1) is 0 Å². The molecule has 0 unspecified atom stereocenters. The molecule has 0 bridgehead atoms. The van der Waals surface area contributed by atoms with E-state index in [0.717, 1.165) is 23.4 Å². The molecular weight excluding hydrogens is 362 g/mol. The second kappa shape index (κ2) is 8.41. The number of thiocarbonyl (C=S) groups is 1. The summed E-state index contributed by atoms with van der Waals surface area (Å²) in [6, 6.07) is 4.22. The second-order valence-electron chi connectivity index (χ2n) is 7.85. The highest BCUT2D eigenvalue weighted by Gasteiger charge is 2.42. The molecule has 1 aliphatic heterocycles. The zero-order valence-corrected chi connectivity index (χ0v) is 17.6. The van der Waals surface area contributed by atoms with Crippen LogP contribution >= 0.6 is 12.2 Å². The van der Waals surface area contributed by atoms with Gasteiger partial charge in [-0.1, -0.05) is 19.9 Å². The van der Waals surface area contributed by atoms with Crippen molar-refractivity contribution in [2.75, 3.05) is 25.0 Å². The maximum Gasteiger partial charge on any atom is 0.407 e. The van der Waals surface area contributed by atoms with E-state index in [0.29, 0.717) is 24.7 Å². The Bertz CT molecular complexity index is 724. The minimum absolute atomic E-state index is 0.222. The summed E-state index contributed by atoms with van der Waals surface area (Å²) in [6.07, 6.45) is -0.841. The number of anilines is 1. The molecule has 1 aliphatic rings. The van der Waals surface area contributed by atoms with Crippen LogP contribution in [0.4, 0.5) is 10.5 Å². The average molecular weight is 394 g/mol. The number of hydrogen-bond acceptors (Lipinski definition) is 4. The van der Waals surface area contributed by atoms with Gasteiger partial charge in [0.25, 0.3) is 0 Å². The fraction of sp³-hybridized carbons (Fsp3) is 0.579. The quantitative estimate of drug-likeness (QED) is 0.355. The maximum absolute atomic E-state index is 11.7. The fourth-order valence-corrected chi connectivity index (χ4v) is 3.79.